The Bertz CT molecular complexity index is 1470. The maximum atomic E-state index is 13.5. The molecule has 1 aliphatic heterocycles. The second-order valence-electron chi connectivity index (χ2n) is 9.50. The molecule has 1 amide bonds. The summed E-state index contributed by atoms with van der Waals surface area (Å²) in [4.78, 5) is 26.2. The van der Waals surface area contributed by atoms with E-state index in [0.29, 0.717) is 18.7 Å². The molecule has 1 heterocycles. The fourth-order valence-electron chi connectivity index (χ4n) is 4.66. The van der Waals surface area contributed by atoms with Crippen LogP contribution in [0.25, 0.3) is 0 Å². The summed E-state index contributed by atoms with van der Waals surface area (Å²) in [6.07, 6.45) is 3.16. The van der Waals surface area contributed by atoms with Crippen LogP contribution in [0.5, 0.6) is 0 Å². The van der Waals surface area contributed by atoms with Crippen molar-refractivity contribution < 1.29 is 18.1 Å². The highest BCUT2D eigenvalue weighted by atomic mass is 32.2. The van der Waals surface area contributed by atoms with E-state index in [1.807, 2.05) is 66.9 Å². The van der Waals surface area contributed by atoms with Crippen molar-refractivity contribution in [3.05, 3.63) is 100 Å². The molecule has 3 aromatic carbocycles. The van der Waals surface area contributed by atoms with Crippen LogP contribution in [0, 0.1) is 10.1 Å². The van der Waals surface area contributed by atoms with Crippen molar-refractivity contribution in [3.63, 3.8) is 0 Å². The van der Waals surface area contributed by atoms with E-state index in [0.717, 1.165) is 23.6 Å². The number of thiocarbonyl (C=S) groups is 1. The van der Waals surface area contributed by atoms with Gasteiger partial charge in [0.05, 0.1) is 15.9 Å². The van der Waals surface area contributed by atoms with Crippen LogP contribution in [-0.2, 0) is 14.8 Å². The molecule has 0 bridgehead atoms. The second-order valence-corrected chi connectivity index (χ2v) is 12.6. The summed E-state index contributed by atoms with van der Waals surface area (Å²) in [6.45, 7) is 0.725. The molecule has 4 N–H and O–H groups in total. The molecule has 3 aromatic rings. The van der Waals surface area contributed by atoms with Crippen molar-refractivity contribution in [1.29, 1.82) is 0 Å². The monoisotopic (exact) mass is 628 g/mol. The minimum atomic E-state index is -3.91. The third-order valence-electron chi connectivity index (χ3n) is 6.75. The molecular weight excluding hydrogens is 597 g/mol. The highest BCUT2D eigenvalue weighted by Gasteiger charge is 2.34. The number of carbonyl (C=O) groups is 1. The molecule has 42 heavy (non-hydrogen) atoms. The number of nitrogens with one attached hydrogen (secondary N) is 4. The number of sulfonamides is 1. The number of nitro benzene ring substituents is 1. The van der Waals surface area contributed by atoms with E-state index in [4.69, 9.17) is 12.2 Å². The predicted molar refractivity (Wildman–Crippen MR) is 169 cm³/mol. The van der Waals surface area contributed by atoms with Crippen LogP contribution < -0.4 is 20.9 Å². The minimum absolute atomic E-state index is 0.0267. The van der Waals surface area contributed by atoms with Gasteiger partial charge in [0, 0.05) is 24.9 Å². The van der Waals surface area contributed by atoms with E-state index < -0.39 is 26.7 Å². The number of nitrogens with zero attached hydrogens (tertiary/aromatic N) is 2. The number of hydrogen-bond acceptors (Lipinski definition) is 8. The largest absolute Gasteiger partial charge is 0.343 e. The van der Waals surface area contributed by atoms with E-state index in [1.54, 1.807) is 4.90 Å². The highest BCUT2D eigenvalue weighted by molar-refractivity contribution is 7.98. The standard InChI is InChI=1S/C28H32N6O5S3/c1-41-18-16-29-42(38,39)22-14-15-23(25(19-22)34(36)37)31-32-28(40)33-17-8-13-24(33)27(35)30-26(20-9-4-2-5-10-20)21-11-6-3-7-12-21/h2-7,9-12,14-15,19,24,26,29,31H,8,13,16-18H2,1H3,(H,30,35)(H,32,40)/t24-/m0/s1. The van der Waals surface area contributed by atoms with Crippen LogP contribution in [-0.4, -0.2) is 60.4 Å². The summed E-state index contributed by atoms with van der Waals surface area (Å²) in [5.74, 6) is 0.376. The Morgan fingerprint density at radius 1 is 1.10 bits per heavy atom. The number of rotatable bonds is 12. The first kappa shape index (κ1) is 31.2. The fourth-order valence-corrected chi connectivity index (χ4v) is 6.42. The van der Waals surface area contributed by atoms with Crippen molar-refractivity contribution in [2.24, 2.45) is 0 Å². The summed E-state index contributed by atoms with van der Waals surface area (Å²) < 4.78 is 27.5. The van der Waals surface area contributed by atoms with Crippen LogP contribution in [0.4, 0.5) is 11.4 Å². The Balaban J connectivity index is 1.45. The molecule has 1 fully saturated rings. The first-order valence-corrected chi connectivity index (χ1v) is 16.5. The number of anilines is 1. The van der Waals surface area contributed by atoms with Crippen LogP contribution in [0.1, 0.15) is 30.0 Å². The average molecular weight is 629 g/mol. The van der Waals surface area contributed by atoms with E-state index in [-0.39, 0.29) is 34.2 Å². The number of benzene rings is 3. The molecule has 0 radical (unpaired) electrons. The summed E-state index contributed by atoms with van der Waals surface area (Å²) >= 11 is 7.03. The lowest BCUT2D eigenvalue weighted by Gasteiger charge is -2.29. The molecule has 14 heteroatoms. The van der Waals surface area contributed by atoms with Gasteiger partial charge in [0.2, 0.25) is 15.9 Å². The first-order valence-electron chi connectivity index (χ1n) is 13.2. The zero-order valence-electron chi connectivity index (χ0n) is 22.9. The van der Waals surface area contributed by atoms with Crippen LogP contribution >= 0.6 is 24.0 Å². The Morgan fingerprint density at radius 2 is 1.74 bits per heavy atom. The number of carbonyl (C=O) groups excluding carboxylic acids is 1. The van der Waals surface area contributed by atoms with Gasteiger partial charge in [-0.2, -0.15) is 11.8 Å². The van der Waals surface area contributed by atoms with E-state index in [1.165, 1.54) is 23.9 Å². The molecule has 4 rings (SSSR count). The molecule has 0 saturated carbocycles. The lowest BCUT2D eigenvalue weighted by Crippen LogP contribution is -2.51. The van der Waals surface area contributed by atoms with Gasteiger partial charge in [-0.3, -0.25) is 25.8 Å². The summed E-state index contributed by atoms with van der Waals surface area (Å²) in [7, 11) is -3.91. The average Bonchev–Trinajstić information content (AvgIpc) is 3.50. The van der Waals surface area contributed by atoms with E-state index in [9.17, 15) is 23.3 Å². The van der Waals surface area contributed by atoms with Gasteiger partial charge in [0.25, 0.3) is 5.69 Å². The molecule has 0 aliphatic carbocycles. The smallest absolute Gasteiger partial charge is 0.295 e. The van der Waals surface area contributed by atoms with Crippen molar-refractivity contribution in [2.75, 3.05) is 30.5 Å². The van der Waals surface area contributed by atoms with Crippen LogP contribution in [0.2, 0.25) is 0 Å². The Hall–Kier alpha value is -3.72. The Morgan fingerprint density at radius 3 is 2.33 bits per heavy atom. The van der Waals surface area contributed by atoms with Gasteiger partial charge >= 0.3 is 0 Å². The number of likely N-dealkylation sites (tertiary alicyclic amines) is 1. The summed E-state index contributed by atoms with van der Waals surface area (Å²) in [5, 5.41) is 15.1. The van der Waals surface area contributed by atoms with Gasteiger partial charge in [-0.25, -0.2) is 13.1 Å². The lowest BCUT2D eigenvalue weighted by atomic mass is 9.98. The first-order chi connectivity index (χ1) is 20.2. The van der Waals surface area contributed by atoms with Crippen molar-refractivity contribution in [2.45, 2.75) is 29.8 Å². The number of thioether (sulfide) groups is 1. The molecular formula is C28H32N6O5S3. The summed E-state index contributed by atoms with van der Waals surface area (Å²) in [6, 6.07) is 22.1. The fraction of sp³-hybridized carbons (Fsp3) is 0.286. The molecule has 1 aliphatic rings. The van der Waals surface area contributed by atoms with Crippen LogP contribution in [0.15, 0.2) is 83.8 Å². The zero-order chi connectivity index (χ0) is 30.1. The van der Waals surface area contributed by atoms with Crippen molar-refractivity contribution in [3.8, 4) is 0 Å². The molecule has 1 atom stereocenters. The number of amides is 1. The third kappa shape index (κ3) is 7.76. The summed E-state index contributed by atoms with van der Waals surface area (Å²) in [5.41, 5.74) is 7.00. The molecule has 1 saturated heterocycles. The Kier molecular flexibility index (Phi) is 10.7. The maximum absolute atomic E-state index is 13.5. The molecule has 0 aromatic heterocycles. The van der Waals surface area contributed by atoms with Gasteiger partial charge in [0.1, 0.15) is 11.7 Å². The predicted octanol–water partition coefficient (Wildman–Crippen LogP) is 3.81. The topological polar surface area (TPSA) is 146 Å². The molecule has 222 valence electrons. The SMILES string of the molecule is CSCCNS(=O)(=O)c1ccc(NNC(=S)N2CCC[C@H]2C(=O)NC(c2ccccc2)c2ccccc2)c([N+](=O)[O-])c1. The zero-order valence-corrected chi connectivity index (χ0v) is 25.3. The highest BCUT2D eigenvalue weighted by Crippen LogP contribution is 2.28. The van der Waals surface area contributed by atoms with Gasteiger partial charge in [-0.15, -0.1) is 0 Å². The second kappa shape index (κ2) is 14.4. The number of nitro groups is 1. The Labute approximate surface area is 254 Å². The normalized spacial score (nSPS) is 14.9. The van der Waals surface area contributed by atoms with E-state index in [2.05, 4.69) is 20.9 Å². The lowest BCUT2D eigenvalue weighted by molar-refractivity contribution is -0.384. The molecule has 11 nitrogen and oxygen atoms in total. The third-order valence-corrected chi connectivity index (χ3v) is 9.15. The van der Waals surface area contributed by atoms with Gasteiger partial charge in [-0.05, 0) is 54.6 Å². The maximum Gasteiger partial charge on any atom is 0.295 e. The van der Waals surface area contributed by atoms with Gasteiger partial charge in [0.15, 0.2) is 5.11 Å². The van der Waals surface area contributed by atoms with Crippen molar-refractivity contribution in [1.82, 2.24) is 20.4 Å². The number of hydrazine groups is 1. The molecule has 0 unspecified atom stereocenters. The van der Waals surface area contributed by atoms with Crippen molar-refractivity contribution >= 4 is 56.4 Å². The van der Waals surface area contributed by atoms with Gasteiger partial charge in [-0.1, -0.05) is 60.7 Å². The van der Waals surface area contributed by atoms with Gasteiger partial charge < -0.3 is 10.2 Å². The minimum Gasteiger partial charge on any atom is -0.343 e. The van der Waals surface area contributed by atoms with Crippen LogP contribution in [0.3, 0.4) is 0 Å². The number of hydrogen-bond donors (Lipinski definition) is 4. The van der Waals surface area contributed by atoms with E-state index >= 15 is 0 Å². The molecule has 0 spiro atoms. The quantitative estimate of drug-likeness (QED) is 0.101.